The van der Waals surface area contributed by atoms with E-state index in [1.54, 1.807) is 12.1 Å². The number of hydrogen-bond donors (Lipinski definition) is 0. The van der Waals surface area contributed by atoms with E-state index in [9.17, 15) is 4.79 Å². The maximum absolute atomic E-state index is 11.9. The Bertz CT molecular complexity index is 411. The van der Waals surface area contributed by atoms with Gasteiger partial charge in [0.25, 0.3) is 0 Å². The number of benzene rings is 1. The summed E-state index contributed by atoms with van der Waals surface area (Å²) in [4.78, 5) is 17.3. The highest BCUT2D eigenvalue weighted by Gasteiger charge is 2.46. The largest absolute Gasteiger partial charge is 0.364 e. The van der Waals surface area contributed by atoms with Crippen LogP contribution in [0.1, 0.15) is 36.0 Å². The summed E-state index contributed by atoms with van der Waals surface area (Å²) in [5, 5.41) is 1.85. The van der Waals surface area contributed by atoms with Crippen LogP contribution in [0.25, 0.3) is 0 Å². The van der Waals surface area contributed by atoms with Gasteiger partial charge >= 0.3 is 5.97 Å². The normalized spacial score (nSPS) is 22.4. The molecule has 2 aliphatic rings. The molecule has 0 atom stereocenters. The zero-order chi connectivity index (χ0) is 11.7. The molecule has 0 bridgehead atoms. The van der Waals surface area contributed by atoms with Crippen LogP contribution in [0.3, 0.4) is 0 Å². The van der Waals surface area contributed by atoms with E-state index < -0.39 is 0 Å². The molecule has 3 heteroatoms. The average molecular weight is 231 g/mol. The van der Waals surface area contributed by atoms with Crippen LogP contribution in [-0.2, 0) is 4.84 Å². The first-order valence-electron chi connectivity index (χ1n) is 6.30. The predicted octanol–water partition coefficient (Wildman–Crippen LogP) is 2.63. The van der Waals surface area contributed by atoms with Crippen LogP contribution in [0, 0.1) is 5.41 Å². The first kappa shape index (κ1) is 10.8. The van der Waals surface area contributed by atoms with Gasteiger partial charge in [0.2, 0.25) is 0 Å². The van der Waals surface area contributed by atoms with E-state index in [2.05, 4.69) is 0 Å². The second kappa shape index (κ2) is 4.15. The summed E-state index contributed by atoms with van der Waals surface area (Å²) in [6, 6.07) is 9.19. The van der Waals surface area contributed by atoms with Gasteiger partial charge in [-0.15, -0.1) is 5.06 Å². The number of carbonyl (C=O) groups is 1. The Labute approximate surface area is 101 Å². The molecule has 1 aliphatic carbocycles. The number of hydroxylamine groups is 2. The lowest BCUT2D eigenvalue weighted by Gasteiger charge is -2.31. The zero-order valence-corrected chi connectivity index (χ0v) is 9.89. The van der Waals surface area contributed by atoms with Gasteiger partial charge < -0.3 is 4.84 Å². The van der Waals surface area contributed by atoms with Crippen molar-refractivity contribution >= 4 is 5.97 Å². The summed E-state index contributed by atoms with van der Waals surface area (Å²) in [6.45, 7) is 1.80. The first-order chi connectivity index (χ1) is 8.27. The fourth-order valence-corrected chi connectivity index (χ4v) is 2.57. The molecule has 1 saturated carbocycles. The third kappa shape index (κ3) is 2.34. The number of rotatable bonds is 2. The Morgan fingerprint density at radius 1 is 1.18 bits per heavy atom. The Morgan fingerprint density at radius 3 is 2.65 bits per heavy atom. The molecule has 0 unspecified atom stereocenters. The summed E-state index contributed by atoms with van der Waals surface area (Å²) in [7, 11) is 0. The van der Waals surface area contributed by atoms with E-state index in [0.717, 1.165) is 19.5 Å². The second-order valence-electron chi connectivity index (χ2n) is 5.21. The molecule has 17 heavy (non-hydrogen) atoms. The molecule has 0 N–H and O–H groups in total. The fraction of sp³-hybridized carbons (Fsp3) is 0.500. The molecule has 1 heterocycles. The Balaban J connectivity index is 1.61. The van der Waals surface area contributed by atoms with Gasteiger partial charge in [0.05, 0.1) is 5.56 Å². The first-order valence-corrected chi connectivity index (χ1v) is 6.30. The minimum Gasteiger partial charge on any atom is -0.364 e. The third-order valence-electron chi connectivity index (χ3n) is 3.80. The van der Waals surface area contributed by atoms with Crippen molar-refractivity contribution in [1.29, 1.82) is 0 Å². The van der Waals surface area contributed by atoms with Crippen LogP contribution in [0.2, 0.25) is 0 Å². The summed E-state index contributed by atoms with van der Waals surface area (Å²) < 4.78 is 0. The molecular formula is C14H17NO2. The summed E-state index contributed by atoms with van der Waals surface area (Å²) in [5.41, 5.74) is 1.11. The minimum absolute atomic E-state index is 0.233. The molecule has 90 valence electrons. The SMILES string of the molecule is O=C(ON1CCCC2(CC2)C1)c1ccccc1. The van der Waals surface area contributed by atoms with Crippen LogP contribution in [0.4, 0.5) is 0 Å². The van der Waals surface area contributed by atoms with Gasteiger partial charge in [-0.3, -0.25) is 0 Å². The lowest BCUT2D eigenvalue weighted by molar-refractivity contribution is -0.134. The molecular weight excluding hydrogens is 214 g/mol. The van der Waals surface area contributed by atoms with E-state index in [1.807, 2.05) is 23.3 Å². The molecule has 1 aromatic carbocycles. The molecule has 3 nitrogen and oxygen atoms in total. The highest BCUT2D eigenvalue weighted by atomic mass is 16.7. The molecule has 2 fully saturated rings. The summed E-state index contributed by atoms with van der Waals surface area (Å²) in [6.07, 6.45) is 5.03. The Kier molecular flexibility index (Phi) is 2.63. The monoisotopic (exact) mass is 231 g/mol. The topological polar surface area (TPSA) is 29.5 Å². The molecule has 1 aromatic rings. The third-order valence-corrected chi connectivity index (χ3v) is 3.80. The summed E-state index contributed by atoms with van der Waals surface area (Å²) >= 11 is 0. The predicted molar refractivity (Wildman–Crippen MR) is 64.3 cm³/mol. The lowest BCUT2D eigenvalue weighted by atomic mass is 9.97. The van der Waals surface area contributed by atoms with Crippen molar-refractivity contribution in [2.24, 2.45) is 5.41 Å². The van der Waals surface area contributed by atoms with Crippen molar-refractivity contribution in [3.63, 3.8) is 0 Å². The number of nitrogens with zero attached hydrogens (tertiary/aromatic N) is 1. The molecule has 3 rings (SSSR count). The standard InChI is InChI=1S/C14H17NO2/c16-13(12-5-2-1-3-6-12)17-15-10-4-7-14(11-15)8-9-14/h1-3,5-6H,4,7-11H2. The van der Waals surface area contributed by atoms with Gasteiger partial charge in [0, 0.05) is 13.1 Å². The van der Waals surface area contributed by atoms with Crippen LogP contribution >= 0.6 is 0 Å². The van der Waals surface area contributed by atoms with Gasteiger partial charge in [-0.25, -0.2) is 4.79 Å². The van der Waals surface area contributed by atoms with E-state index >= 15 is 0 Å². The maximum Gasteiger partial charge on any atom is 0.357 e. The van der Waals surface area contributed by atoms with Crippen molar-refractivity contribution in [2.45, 2.75) is 25.7 Å². The van der Waals surface area contributed by atoms with Crippen molar-refractivity contribution in [3.05, 3.63) is 35.9 Å². The van der Waals surface area contributed by atoms with Gasteiger partial charge in [0.1, 0.15) is 0 Å². The molecule has 0 amide bonds. The van der Waals surface area contributed by atoms with Gasteiger partial charge in [-0.05, 0) is 43.2 Å². The van der Waals surface area contributed by atoms with Crippen molar-refractivity contribution < 1.29 is 9.63 Å². The smallest absolute Gasteiger partial charge is 0.357 e. The summed E-state index contributed by atoms with van der Waals surface area (Å²) in [5.74, 6) is -0.233. The van der Waals surface area contributed by atoms with Crippen molar-refractivity contribution in [3.8, 4) is 0 Å². The van der Waals surface area contributed by atoms with Gasteiger partial charge in [0.15, 0.2) is 0 Å². The van der Waals surface area contributed by atoms with Crippen LogP contribution < -0.4 is 0 Å². The Hall–Kier alpha value is -1.35. The minimum atomic E-state index is -0.233. The van der Waals surface area contributed by atoms with E-state index in [1.165, 1.54) is 19.3 Å². The second-order valence-corrected chi connectivity index (χ2v) is 5.21. The molecule has 1 saturated heterocycles. The van der Waals surface area contributed by atoms with Crippen molar-refractivity contribution in [1.82, 2.24) is 5.06 Å². The zero-order valence-electron chi connectivity index (χ0n) is 9.89. The quantitative estimate of drug-likeness (QED) is 0.783. The Morgan fingerprint density at radius 2 is 1.94 bits per heavy atom. The van der Waals surface area contributed by atoms with Crippen LogP contribution in [0.15, 0.2) is 30.3 Å². The van der Waals surface area contributed by atoms with Gasteiger partial charge in [-0.1, -0.05) is 18.2 Å². The van der Waals surface area contributed by atoms with E-state index in [4.69, 9.17) is 4.84 Å². The highest BCUT2D eigenvalue weighted by Crippen LogP contribution is 2.52. The van der Waals surface area contributed by atoms with E-state index in [0.29, 0.717) is 11.0 Å². The number of piperidine rings is 1. The molecule has 1 spiro atoms. The molecule has 0 radical (unpaired) electrons. The molecule has 1 aliphatic heterocycles. The molecule has 0 aromatic heterocycles. The lowest BCUT2D eigenvalue weighted by Crippen LogP contribution is -2.38. The van der Waals surface area contributed by atoms with Gasteiger partial charge in [-0.2, -0.15) is 0 Å². The number of carbonyl (C=O) groups excluding carboxylic acids is 1. The van der Waals surface area contributed by atoms with E-state index in [-0.39, 0.29) is 5.97 Å². The number of hydrogen-bond acceptors (Lipinski definition) is 3. The maximum atomic E-state index is 11.9. The van der Waals surface area contributed by atoms with Crippen LogP contribution in [-0.4, -0.2) is 24.1 Å². The average Bonchev–Trinajstić information content (AvgIpc) is 3.09. The highest BCUT2D eigenvalue weighted by molar-refractivity contribution is 5.89. The van der Waals surface area contributed by atoms with Crippen LogP contribution in [0.5, 0.6) is 0 Å². The fourth-order valence-electron chi connectivity index (χ4n) is 2.57. The van der Waals surface area contributed by atoms with Crippen molar-refractivity contribution in [2.75, 3.05) is 13.1 Å².